The van der Waals surface area contributed by atoms with E-state index in [1.807, 2.05) is 0 Å². The Bertz CT molecular complexity index is 1150. The van der Waals surface area contributed by atoms with Gasteiger partial charge in [0.2, 0.25) is 5.91 Å². The fourth-order valence-electron chi connectivity index (χ4n) is 7.65. The van der Waals surface area contributed by atoms with Gasteiger partial charge < -0.3 is 50.5 Å². The third-order valence-corrected chi connectivity index (χ3v) is 11.8. The number of rotatable bonds is 41. The molecule has 0 aliphatic carbocycles. The Morgan fingerprint density at radius 2 is 1.03 bits per heavy atom. The van der Waals surface area contributed by atoms with Crippen LogP contribution in [0.1, 0.15) is 200 Å². The molecule has 8 N–H and O–H groups in total. The monoisotopic (exact) mass is 880 g/mol. The molecule has 362 valence electrons. The summed E-state index contributed by atoms with van der Waals surface area (Å²) < 4.78 is 11.1. The topological polar surface area (TPSA) is 189 Å². The molecule has 0 aromatic heterocycles. The van der Waals surface area contributed by atoms with Crippen LogP contribution in [0.2, 0.25) is 0 Å². The number of nitrogens with one attached hydrogen (secondary N) is 1. The predicted molar refractivity (Wildman–Crippen MR) is 251 cm³/mol. The standard InChI is InChI=1S/C51H93NO10/c1-3-5-7-9-11-13-15-16-17-18-19-20-21-22-23-24-25-26-27-29-31-33-35-37-39-44(55)50(60)52-42(41-61-51-49(59)48(58)47(57)45(40-53)62-51)46(56)43(54)38-36-34-32-30-28-14-12-10-8-6-4-2/h10,12,19-20,22-23,30,32,42-49,51,53-59H,3-9,11,13-18,21,24-29,31,33-41H2,1-2H3,(H,52,60)/b12-10+,20-19-,23-22-,32-30+. The summed E-state index contributed by atoms with van der Waals surface area (Å²) in [6, 6.07) is -1.19. The van der Waals surface area contributed by atoms with Crippen molar-refractivity contribution in [1.29, 1.82) is 0 Å². The van der Waals surface area contributed by atoms with Crippen molar-refractivity contribution >= 4 is 5.91 Å². The first-order valence-electron chi connectivity index (χ1n) is 25.0. The summed E-state index contributed by atoms with van der Waals surface area (Å²) in [4.78, 5) is 13.1. The first-order chi connectivity index (χ1) is 30.2. The van der Waals surface area contributed by atoms with Crippen LogP contribution in [0.5, 0.6) is 0 Å². The van der Waals surface area contributed by atoms with Crippen LogP contribution >= 0.6 is 0 Å². The first kappa shape index (κ1) is 58.1. The van der Waals surface area contributed by atoms with E-state index in [1.54, 1.807) is 0 Å². The van der Waals surface area contributed by atoms with Crippen LogP contribution < -0.4 is 5.32 Å². The quantitative estimate of drug-likeness (QED) is 0.0218. The van der Waals surface area contributed by atoms with Gasteiger partial charge in [-0.2, -0.15) is 0 Å². The molecule has 9 atom stereocenters. The number of hydrogen-bond donors (Lipinski definition) is 8. The molecule has 1 saturated heterocycles. The van der Waals surface area contributed by atoms with Gasteiger partial charge in [-0.05, 0) is 77.0 Å². The molecule has 0 saturated carbocycles. The SMILES string of the molecule is CCCC/C=C/CC/C=C/CCCC(O)C(O)C(COC1OC(CO)C(O)C(O)C1O)NC(=O)C(O)CCCCCCCCCC/C=C\C/C=C\CCCCCCCCCCC. The second-order valence-corrected chi connectivity index (χ2v) is 17.5. The van der Waals surface area contributed by atoms with Crippen LogP contribution in [0.3, 0.4) is 0 Å². The number of carbonyl (C=O) groups is 1. The minimum Gasteiger partial charge on any atom is -0.394 e. The number of carbonyl (C=O) groups excluding carboxylic acids is 1. The van der Waals surface area contributed by atoms with Crippen molar-refractivity contribution in [2.45, 2.75) is 255 Å². The smallest absolute Gasteiger partial charge is 0.249 e. The molecule has 0 aromatic carbocycles. The molecule has 1 amide bonds. The number of hydrogen-bond acceptors (Lipinski definition) is 10. The molecule has 1 rings (SSSR count). The summed E-state index contributed by atoms with van der Waals surface area (Å²) >= 11 is 0. The highest BCUT2D eigenvalue weighted by Crippen LogP contribution is 2.23. The van der Waals surface area contributed by atoms with Crippen LogP contribution in [0.25, 0.3) is 0 Å². The fraction of sp³-hybridized carbons (Fsp3) is 0.824. The summed E-state index contributed by atoms with van der Waals surface area (Å²) in [7, 11) is 0. The molecule has 0 spiro atoms. The van der Waals surface area contributed by atoms with E-state index in [1.165, 1.54) is 96.3 Å². The lowest BCUT2D eigenvalue weighted by Crippen LogP contribution is -2.60. The molecule has 62 heavy (non-hydrogen) atoms. The summed E-state index contributed by atoms with van der Waals surface area (Å²) in [6.45, 7) is 3.36. The van der Waals surface area contributed by atoms with Crippen molar-refractivity contribution < 1.29 is 50.0 Å². The molecule has 11 heteroatoms. The average molecular weight is 880 g/mol. The van der Waals surface area contributed by atoms with Gasteiger partial charge in [0.05, 0.1) is 25.4 Å². The first-order valence-corrected chi connectivity index (χ1v) is 25.0. The number of unbranched alkanes of at least 4 members (excludes halogenated alkanes) is 21. The maximum Gasteiger partial charge on any atom is 0.249 e. The van der Waals surface area contributed by atoms with Crippen molar-refractivity contribution in [1.82, 2.24) is 5.32 Å². The van der Waals surface area contributed by atoms with E-state index in [9.17, 15) is 40.5 Å². The Balaban J connectivity index is 2.36. The maximum absolute atomic E-state index is 13.1. The number of allylic oxidation sites excluding steroid dienone is 8. The van der Waals surface area contributed by atoms with E-state index in [4.69, 9.17) is 9.47 Å². The van der Waals surface area contributed by atoms with Gasteiger partial charge in [0.25, 0.3) is 0 Å². The predicted octanol–water partition coefficient (Wildman–Crippen LogP) is 8.95. The molecule has 0 aromatic rings. The van der Waals surface area contributed by atoms with E-state index in [0.29, 0.717) is 19.3 Å². The lowest BCUT2D eigenvalue weighted by Gasteiger charge is -2.40. The molecular formula is C51H93NO10. The molecule has 0 radical (unpaired) electrons. The van der Waals surface area contributed by atoms with Crippen LogP contribution in [0, 0.1) is 0 Å². The van der Waals surface area contributed by atoms with Crippen molar-refractivity contribution in [3.8, 4) is 0 Å². The van der Waals surface area contributed by atoms with Gasteiger partial charge in [-0.25, -0.2) is 0 Å². The zero-order valence-electron chi connectivity index (χ0n) is 39.1. The number of amides is 1. The highest BCUT2D eigenvalue weighted by Gasteiger charge is 2.44. The molecule has 1 fully saturated rings. The van der Waals surface area contributed by atoms with Gasteiger partial charge in [-0.3, -0.25) is 4.79 Å². The van der Waals surface area contributed by atoms with Gasteiger partial charge in [0, 0.05) is 0 Å². The zero-order chi connectivity index (χ0) is 45.5. The maximum atomic E-state index is 13.1. The Morgan fingerprint density at radius 1 is 0.565 bits per heavy atom. The normalized spacial score (nSPS) is 21.7. The highest BCUT2D eigenvalue weighted by atomic mass is 16.7. The molecule has 11 nitrogen and oxygen atoms in total. The Kier molecular flexibility index (Phi) is 38.0. The molecule has 0 bridgehead atoms. The second-order valence-electron chi connectivity index (χ2n) is 17.5. The van der Waals surface area contributed by atoms with E-state index in [-0.39, 0.29) is 12.8 Å². The third kappa shape index (κ3) is 29.5. The number of aliphatic hydroxyl groups excluding tert-OH is 7. The van der Waals surface area contributed by atoms with E-state index < -0.39 is 74.2 Å². The second kappa shape index (κ2) is 40.6. The largest absolute Gasteiger partial charge is 0.394 e. The van der Waals surface area contributed by atoms with E-state index >= 15 is 0 Å². The molecular weight excluding hydrogens is 787 g/mol. The van der Waals surface area contributed by atoms with Crippen molar-refractivity contribution in [2.24, 2.45) is 0 Å². The fourth-order valence-corrected chi connectivity index (χ4v) is 7.65. The van der Waals surface area contributed by atoms with Crippen LogP contribution in [-0.4, -0.2) is 110 Å². The number of aliphatic hydroxyl groups is 7. The van der Waals surface area contributed by atoms with Crippen LogP contribution in [-0.2, 0) is 14.3 Å². The van der Waals surface area contributed by atoms with Crippen molar-refractivity contribution in [3.63, 3.8) is 0 Å². The van der Waals surface area contributed by atoms with Gasteiger partial charge >= 0.3 is 0 Å². The van der Waals surface area contributed by atoms with Crippen LogP contribution in [0.4, 0.5) is 0 Å². The molecule has 9 unspecified atom stereocenters. The van der Waals surface area contributed by atoms with Crippen molar-refractivity contribution in [2.75, 3.05) is 13.2 Å². The highest BCUT2D eigenvalue weighted by molar-refractivity contribution is 5.80. The van der Waals surface area contributed by atoms with Crippen LogP contribution in [0.15, 0.2) is 48.6 Å². The third-order valence-electron chi connectivity index (χ3n) is 11.8. The number of ether oxygens (including phenoxy) is 2. The van der Waals surface area contributed by atoms with Gasteiger partial charge in [0.15, 0.2) is 6.29 Å². The lowest BCUT2D eigenvalue weighted by atomic mass is 9.98. The molecule has 1 heterocycles. The molecule has 1 aliphatic heterocycles. The average Bonchev–Trinajstić information content (AvgIpc) is 3.27. The van der Waals surface area contributed by atoms with E-state index in [0.717, 1.165) is 57.8 Å². The Labute approximate surface area is 377 Å². The van der Waals surface area contributed by atoms with Crippen molar-refractivity contribution in [3.05, 3.63) is 48.6 Å². The summed E-state index contributed by atoms with van der Waals surface area (Å²) in [5.74, 6) is -0.718. The summed E-state index contributed by atoms with van der Waals surface area (Å²) in [5, 5.41) is 75.6. The van der Waals surface area contributed by atoms with Gasteiger partial charge in [0.1, 0.15) is 36.6 Å². The Morgan fingerprint density at radius 3 is 1.58 bits per heavy atom. The summed E-state index contributed by atoms with van der Waals surface area (Å²) in [6.07, 6.45) is 37.5. The Hall–Kier alpha value is -1.93. The van der Waals surface area contributed by atoms with Gasteiger partial charge in [-0.1, -0.05) is 172 Å². The lowest BCUT2D eigenvalue weighted by molar-refractivity contribution is -0.303. The molecule has 1 aliphatic rings. The van der Waals surface area contributed by atoms with Gasteiger partial charge in [-0.15, -0.1) is 0 Å². The minimum atomic E-state index is -1.67. The zero-order valence-corrected chi connectivity index (χ0v) is 39.1. The minimum absolute atomic E-state index is 0.242. The summed E-state index contributed by atoms with van der Waals surface area (Å²) in [5.41, 5.74) is 0. The van der Waals surface area contributed by atoms with E-state index in [2.05, 4.69) is 67.8 Å².